The van der Waals surface area contributed by atoms with Crippen LogP contribution < -0.4 is 4.90 Å². The number of alkyl halides is 1. The Kier molecular flexibility index (Phi) is 4.95. The number of rotatable bonds is 3. The monoisotopic (exact) mass is 386 g/mol. The molecule has 5 nitrogen and oxygen atoms in total. The van der Waals surface area contributed by atoms with E-state index in [2.05, 4.69) is 18.8 Å². The SMILES string of the molecule is CC(C)c1ccc(N2C(=NC(=O)CCl)S[C@@H]3CS(=O)(=O)C[C@H]32)cc1. The van der Waals surface area contributed by atoms with E-state index in [1.54, 1.807) is 0 Å². The van der Waals surface area contributed by atoms with Crippen LogP contribution in [0.15, 0.2) is 29.3 Å². The Morgan fingerprint density at radius 3 is 2.58 bits per heavy atom. The highest BCUT2D eigenvalue weighted by Gasteiger charge is 2.49. The van der Waals surface area contributed by atoms with Crippen molar-refractivity contribution in [2.75, 3.05) is 22.3 Å². The maximum Gasteiger partial charge on any atom is 0.262 e. The summed E-state index contributed by atoms with van der Waals surface area (Å²) in [6.45, 7) is 4.23. The molecule has 0 radical (unpaired) electrons. The molecule has 2 aliphatic heterocycles. The minimum absolute atomic E-state index is 0.0880. The van der Waals surface area contributed by atoms with E-state index in [9.17, 15) is 13.2 Å². The Morgan fingerprint density at radius 2 is 2.00 bits per heavy atom. The number of hydrogen-bond donors (Lipinski definition) is 0. The quantitative estimate of drug-likeness (QED) is 0.747. The number of nitrogens with zero attached hydrogens (tertiary/aromatic N) is 2. The van der Waals surface area contributed by atoms with Crippen molar-refractivity contribution in [3.63, 3.8) is 0 Å². The van der Waals surface area contributed by atoms with Crippen LogP contribution in [0.4, 0.5) is 5.69 Å². The van der Waals surface area contributed by atoms with Crippen molar-refractivity contribution in [1.29, 1.82) is 0 Å². The lowest BCUT2D eigenvalue weighted by Gasteiger charge is -2.25. The van der Waals surface area contributed by atoms with E-state index >= 15 is 0 Å². The molecule has 8 heteroatoms. The van der Waals surface area contributed by atoms with Gasteiger partial charge in [-0.3, -0.25) is 4.79 Å². The summed E-state index contributed by atoms with van der Waals surface area (Å²) >= 11 is 6.92. The predicted octanol–water partition coefficient (Wildman–Crippen LogP) is 2.65. The molecular formula is C16H19ClN2O3S2. The highest BCUT2D eigenvalue weighted by molar-refractivity contribution is 8.16. The summed E-state index contributed by atoms with van der Waals surface area (Å²) in [5.41, 5.74) is 2.06. The van der Waals surface area contributed by atoms with Crippen LogP contribution >= 0.6 is 23.4 Å². The van der Waals surface area contributed by atoms with Gasteiger partial charge in [0.25, 0.3) is 5.91 Å². The van der Waals surface area contributed by atoms with E-state index in [1.807, 2.05) is 29.2 Å². The normalized spacial score (nSPS) is 27.0. The largest absolute Gasteiger partial charge is 0.316 e. The molecule has 1 aromatic rings. The van der Waals surface area contributed by atoms with E-state index < -0.39 is 15.7 Å². The highest BCUT2D eigenvalue weighted by atomic mass is 35.5. The van der Waals surface area contributed by atoms with Crippen molar-refractivity contribution in [2.45, 2.75) is 31.1 Å². The number of benzene rings is 1. The first-order valence-electron chi connectivity index (χ1n) is 7.74. The fourth-order valence-electron chi connectivity index (χ4n) is 3.02. The summed E-state index contributed by atoms with van der Waals surface area (Å²) in [5.74, 6) is 0.0304. The molecule has 0 bridgehead atoms. The molecule has 2 aliphatic rings. The van der Waals surface area contributed by atoms with E-state index in [1.165, 1.54) is 17.3 Å². The summed E-state index contributed by atoms with van der Waals surface area (Å²) in [6.07, 6.45) is 0. The zero-order valence-corrected chi connectivity index (χ0v) is 15.9. The van der Waals surface area contributed by atoms with E-state index in [-0.39, 0.29) is 28.7 Å². The number of fused-ring (bicyclic) bond motifs is 1. The van der Waals surface area contributed by atoms with Crippen LogP contribution in [0.2, 0.25) is 0 Å². The second-order valence-corrected chi connectivity index (χ2v) is 9.97. The van der Waals surface area contributed by atoms with Gasteiger partial charge < -0.3 is 4.90 Å². The standard InChI is InChI=1S/C16H19ClN2O3S2/c1-10(2)11-3-5-12(6-4-11)19-13-8-24(21,22)9-14(13)23-16(19)18-15(20)7-17/h3-6,10,13-14H,7-9H2,1-2H3/t13-,14-/m1/s1. The number of thioether (sulfide) groups is 1. The Hall–Kier alpha value is -1.05. The molecule has 2 heterocycles. The van der Waals surface area contributed by atoms with Crippen molar-refractivity contribution >= 4 is 50.0 Å². The Labute approximate surface area is 151 Å². The lowest BCUT2D eigenvalue weighted by Crippen LogP contribution is -2.37. The first-order chi connectivity index (χ1) is 11.3. The van der Waals surface area contributed by atoms with Gasteiger partial charge in [0.1, 0.15) is 5.88 Å². The van der Waals surface area contributed by atoms with Crippen molar-refractivity contribution in [3.8, 4) is 0 Å². The van der Waals surface area contributed by atoms with Crippen LogP contribution in [0.5, 0.6) is 0 Å². The van der Waals surface area contributed by atoms with Gasteiger partial charge in [-0.1, -0.05) is 37.7 Å². The van der Waals surface area contributed by atoms with Crippen LogP contribution in [-0.4, -0.2) is 48.2 Å². The average Bonchev–Trinajstić information content (AvgIpc) is 2.98. The molecule has 3 rings (SSSR count). The number of amides is 1. The summed E-state index contributed by atoms with van der Waals surface area (Å²) in [5, 5.41) is 0.449. The zero-order chi connectivity index (χ0) is 17.5. The average molecular weight is 387 g/mol. The van der Waals surface area contributed by atoms with Crippen LogP contribution in [0.25, 0.3) is 0 Å². The van der Waals surface area contributed by atoms with Gasteiger partial charge in [0.05, 0.1) is 17.5 Å². The Morgan fingerprint density at radius 1 is 1.33 bits per heavy atom. The fraction of sp³-hybridized carbons (Fsp3) is 0.500. The first-order valence-corrected chi connectivity index (χ1v) is 11.0. The molecule has 0 unspecified atom stereocenters. The van der Waals surface area contributed by atoms with Crippen molar-refractivity contribution in [3.05, 3.63) is 29.8 Å². The highest BCUT2D eigenvalue weighted by Crippen LogP contribution is 2.41. The zero-order valence-electron chi connectivity index (χ0n) is 13.5. The topological polar surface area (TPSA) is 66.8 Å². The number of sulfone groups is 1. The van der Waals surface area contributed by atoms with E-state index in [4.69, 9.17) is 11.6 Å². The number of aliphatic imine (C=N–C) groups is 1. The lowest BCUT2D eigenvalue weighted by atomic mass is 10.0. The lowest BCUT2D eigenvalue weighted by molar-refractivity contribution is -0.115. The van der Waals surface area contributed by atoms with Crippen LogP contribution in [0, 0.1) is 0 Å². The number of anilines is 1. The fourth-order valence-corrected chi connectivity index (χ4v) is 7.01. The number of carbonyl (C=O) groups is 1. The Bertz CT molecular complexity index is 775. The van der Waals surface area contributed by atoms with Gasteiger partial charge in [-0.15, -0.1) is 11.6 Å². The van der Waals surface area contributed by atoms with Gasteiger partial charge in [-0.25, -0.2) is 8.42 Å². The van der Waals surface area contributed by atoms with Gasteiger partial charge in [0.15, 0.2) is 15.0 Å². The van der Waals surface area contributed by atoms with E-state index in [0.29, 0.717) is 11.1 Å². The van der Waals surface area contributed by atoms with Gasteiger partial charge in [-0.05, 0) is 23.6 Å². The number of amidine groups is 1. The van der Waals surface area contributed by atoms with Crippen LogP contribution in [-0.2, 0) is 14.6 Å². The summed E-state index contributed by atoms with van der Waals surface area (Å²) < 4.78 is 24.0. The third-order valence-electron chi connectivity index (χ3n) is 4.24. The number of halogens is 1. The molecule has 2 saturated heterocycles. The maximum atomic E-state index is 12.0. The molecule has 0 aliphatic carbocycles. The minimum Gasteiger partial charge on any atom is -0.316 e. The molecule has 130 valence electrons. The van der Waals surface area contributed by atoms with Crippen molar-refractivity contribution < 1.29 is 13.2 Å². The molecular weight excluding hydrogens is 368 g/mol. The third kappa shape index (κ3) is 3.48. The molecule has 1 amide bonds. The second-order valence-electron chi connectivity index (χ2n) is 6.34. The van der Waals surface area contributed by atoms with Gasteiger partial charge in [0.2, 0.25) is 0 Å². The van der Waals surface area contributed by atoms with Gasteiger partial charge in [-0.2, -0.15) is 4.99 Å². The van der Waals surface area contributed by atoms with Crippen molar-refractivity contribution in [1.82, 2.24) is 0 Å². The van der Waals surface area contributed by atoms with Crippen LogP contribution in [0.3, 0.4) is 0 Å². The molecule has 2 atom stereocenters. The molecule has 24 heavy (non-hydrogen) atoms. The molecule has 0 N–H and O–H groups in total. The number of carbonyl (C=O) groups excluding carboxylic acids is 1. The minimum atomic E-state index is -3.05. The number of hydrogen-bond acceptors (Lipinski definition) is 4. The molecule has 0 spiro atoms. The molecule has 0 saturated carbocycles. The van der Waals surface area contributed by atoms with Gasteiger partial charge in [0, 0.05) is 10.9 Å². The van der Waals surface area contributed by atoms with E-state index in [0.717, 1.165) is 5.69 Å². The summed E-state index contributed by atoms with van der Waals surface area (Å²) in [6, 6.07) is 7.80. The molecule has 2 fully saturated rings. The van der Waals surface area contributed by atoms with Crippen LogP contribution in [0.1, 0.15) is 25.3 Å². The first kappa shape index (κ1) is 17.8. The van der Waals surface area contributed by atoms with Gasteiger partial charge >= 0.3 is 0 Å². The molecule has 0 aromatic heterocycles. The van der Waals surface area contributed by atoms with Crippen molar-refractivity contribution in [2.24, 2.45) is 4.99 Å². The second kappa shape index (κ2) is 6.69. The maximum absolute atomic E-state index is 12.0. The molecule has 1 aromatic carbocycles. The summed E-state index contributed by atoms with van der Waals surface area (Å²) in [7, 11) is -3.05. The predicted molar refractivity (Wildman–Crippen MR) is 100.0 cm³/mol. The smallest absolute Gasteiger partial charge is 0.262 e. The third-order valence-corrected chi connectivity index (χ3v) is 7.68. The Balaban J connectivity index is 1.98. The summed E-state index contributed by atoms with van der Waals surface area (Å²) in [4.78, 5) is 17.6.